The third kappa shape index (κ3) is 2.78. The van der Waals surface area contributed by atoms with Crippen LogP contribution in [0, 0.1) is 0 Å². The largest absolute Gasteiger partial charge is 0.269 e. The first-order valence-electron chi connectivity index (χ1n) is 9.88. The van der Waals surface area contributed by atoms with Crippen molar-refractivity contribution in [2.75, 3.05) is 0 Å². The molecule has 0 unspecified atom stereocenters. The van der Waals surface area contributed by atoms with Gasteiger partial charge in [-0.3, -0.25) is 29.0 Å². The minimum Gasteiger partial charge on any atom is -0.269 e. The van der Waals surface area contributed by atoms with Crippen molar-refractivity contribution < 1.29 is 19.2 Å². The molecule has 6 heteroatoms. The van der Waals surface area contributed by atoms with Gasteiger partial charge in [0.1, 0.15) is 0 Å². The van der Waals surface area contributed by atoms with Gasteiger partial charge in [-0.05, 0) is 76.9 Å². The van der Waals surface area contributed by atoms with E-state index in [1.165, 1.54) is 9.80 Å². The van der Waals surface area contributed by atoms with Gasteiger partial charge in [0.2, 0.25) is 0 Å². The summed E-state index contributed by atoms with van der Waals surface area (Å²) in [5.74, 6) is -1.25. The number of fused-ring (bicyclic) bond motifs is 2. The highest BCUT2D eigenvalue weighted by molar-refractivity contribution is 6.23. The van der Waals surface area contributed by atoms with Crippen molar-refractivity contribution in [3.05, 3.63) is 58.7 Å². The topological polar surface area (TPSA) is 74.8 Å². The number of carbonyl (C=O) groups is 4. The number of hydrogen-bond donors (Lipinski definition) is 0. The molecular formula is C24H24N2O4. The summed E-state index contributed by atoms with van der Waals surface area (Å²) in [6.07, 6.45) is 0. The van der Waals surface area contributed by atoms with Crippen LogP contribution in [0.3, 0.4) is 0 Å². The van der Waals surface area contributed by atoms with Crippen LogP contribution in [0.15, 0.2) is 36.4 Å². The molecule has 0 saturated carbocycles. The number of benzene rings is 2. The Morgan fingerprint density at radius 2 is 0.800 bits per heavy atom. The molecule has 30 heavy (non-hydrogen) atoms. The van der Waals surface area contributed by atoms with Crippen molar-refractivity contribution in [3.8, 4) is 11.1 Å². The number of amides is 4. The summed E-state index contributed by atoms with van der Waals surface area (Å²) in [6.45, 7) is 10.9. The zero-order chi connectivity index (χ0) is 22.2. The molecule has 4 rings (SSSR count). The Labute approximate surface area is 175 Å². The summed E-state index contributed by atoms with van der Waals surface area (Å²) < 4.78 is 0. The lowest BCUT2D eigenvalue weighted by molar-refractivity contribution is 0.0489. The molecule has 0 aliphatic carbocycles. The van der Waals surface area contributed by atoms with Gasteiger partial charge in [-0.1, -0.05) is 12.1 Å². The van der Waals surface area contributed by atoms with E-state index in [0.29, 0.717) is 33.4 Å². The van der Waals surface area contributed by atoms with Gasteiger partial charge in [-0.25, -0.2) is 0 Å². The van der Waals surface area contributed by atoms with Crippen molar-refractivity contribution in [2.24, 2.45) is 0 Å². The lowest BCUT2D eigenvalue weighted by atomic mass is 9.97. The Bertz CT molecular complexity index is 1060. The molecule has 2 aliphatic heterocycles. The van der Waals surface area contributed by atoms with Crippen LogP contribution in [0.2, 0.25) is 0 Å². The Hall–Kier alpha value is -3.28. The summed E-state index contributed by atoms with van der Waals surface area (Å²) in [4.78, 5) is 53.7. The lowest BCUT2D eigenvalue weighted by Gasteiger charge is -2.29. The van der Waals surface area contributed by atoms with Crippen LogP contribution in [0.25, 0.3) is 11.1 Å². The zero-order valence-electron chi connectivity index (χ0n) is 18.0. The number of carbonyl (C=O) groups excluding carboxylic acids is 4. The number of rotatable bonds is 1. The van der Waals surface area contributed by atoms with Crippen LogP contribution in [0.1, 0.15) is 83.0 Å². The van der Waals surface area contributed by atoms with Gasteiger partial charge in [0.25, 0.3) is 23.6 Å². The first-order chi connectivity index (χ1) is 13.8. The van der Waals surface area contributed by atoms with Crippen molar-refractivity contribution >= 4 is 23.6 Å². The fraction of sp³-hybridized carbons (Fsp3) is 0.333. The quantitative estimate of drug-likeness (QED) is 0.670. The predicted octanol–water partition coefficient (Wildman–Crippen LogP) is 4.14. The summed E-state index contributed by atoms with van der Waals surface area (Å²) >= 11 is 0. The average Bonchev–Trinajstić information content (AvgIpc) is 3.04. The van der Waals surface area contributed by atoms with E-state index in [0.717, 1.165) is 0 Å². The highest BCUT2D eigenvalue weighted by Gasteiger charge is 2.43. The summed E-state index contributed by atoms with van der Waals surface area (Å²) in [5.41, 5.74) is 1.65. The highest BCUT2D eigenvalue weighted by atomic mass is 16.2. The standard InChI is InChI=1S/C24H24N2O4/c1-23(2,3)25-19(27)15-9-7-13(11-17(15)21(25)29)14-8-10-16-18(12-14)22(30)26(20(16)28)24(4,5)6/h7-12H,1-6H3. The molecule has 0 N–H and O–H groups in total. The lowest BCUT2D eigenvalue weighted by Crippen LogP contribution is -2.45. The molecule has 0 radical (unpaired) electrons. The molecule has 4 amide bonds. The van der Waals surface area contributed by atoms with Crippen molar-refractivity contribution in [2.45, 2.75) is 52.6 Å². The Morgan fingerprint density at radius 3 is 1.10 bits per heavy atom. The maximum Gasteiger partial charge on any atom is 0.262 e. The molecule has 0 saturated heterocycles. The SMILES string of the molecule is CC(C)(C)N1C(=O)c2ccc(-c3ccc4c(c3)C(=O)N(C(C)(C)C)C4=O)cc2C1=O. The Kier molecular flexibility index (Phi) is 4.08. The highest BCUT2D eigenvalue weighted by Crippen LogP contribution is 2.35. The minimum absolute atomic E-state index is 0.301. The van der Waals surface area contributed by atoms with E-state index >= 15 is 0 Å². The molecule has 0 spiro atoms. The molecule has 0 bridgehead atoms. The molecule has 0 fully saturated rings. The molecule has 154 valence electrons. The Morgan fingerprint density at radius 1 is 0.500 bits per heavy atom. The monoisotopic (exact) mass is 404 g/mol. The Balaban J connectivity index is 1.76. The van der Waals surface area contributed by atoms with Gasteiger partial charge in [0.15, 0.2) is 0 Å². The van der Waals surface area contributed by atoms with Gasteiger partial charge >= 0.3 is 0 Å². The van der Waals surface area contributed by atoms with Gasteiger partial charge in [-0.2, -0.15) is 0 Å². The third-order valence-electron chi connectivity index (χ3n) is 5.45. The molecule has 0 aromatic heterocycles. The van der Waals surface area contributed by atoms with Crippen LogP contribution < -0.4 is 0 Å². The van der Waals surface area contributed by atoms with Crippen LogP contribution in [-0.4, -0.2) is 44.5 Å². The van der Waals surface area contributed by atoms with E-state index in [9.17, 15) is 19.2 Å². The third-order valence-corrected chi connectivity index (χ3v) is 5.45. The average molecular weight is 404 g/mol. The zero-order valence-corrected chi connectivity index (χ0v) is 18.0. The van der Waals surface area contributed by atoms with Crippen molar-refractivity contribution in [1.29, 1.82) is 0 Å². The molecule has 2 aromatic rings. The van der Waals surface area contributed by atoms with Crippen molar-refractivity contribution in [1.82, 2.24) is 9.80 Å². The first-order valence-corrected chi connectivity index (χ1v) is 9.88. The number of imide groups is 2. The van der Waals surface area contributed by atoms with Crippen molar-refractivity contribution in [3.63, 3.8) is 0 Å². The van der Waals surface area contributed by atoms with Gasteiger partial charge in [0, 0.05) is 11.1 Å². The van der Waals surface area contributed by atoms with Gasteiger partial charge < -0.3 is 0 Å². The fourth-order valence-electron chi connectivity index (χ4n) is 4.06. The van der Waals surface area contributed by atoms with E-state index in [-0.39, 0.29) is 23.6 Å². The second kappa shape index (κ2) is 6.11. The number of nitrogens with zero attached hydrogens (tertiary/aromatic N) is 2. The van der Waals surface area contributed by atoms with E-state index in [4.69, 9.17) is 0 Å². The second-order valence-corrected chi connectivity index (χ2v) is 9.75. The molecular weight excluding hydrogens is 380 g/mol. The maximum absolute atomic E-state index is 12.9. The van der Waals surface area contributed by atoms with E-state index < -0.39 is 11.1 Å². The summed E-state index contributed by atoms with van der Waals surface area (Å²) in [7, 11) is 0. The van der Waals surface area contributed by atoms with Gasteiger partial charge in [0.05, 0.1) is 22.3 Å². The smallest absolute Gasteiger partial charge is 0.262 e. The molecule has 2 aliphatic rings. The fourth-order valence-corrected chi connectivity index (χ4v) is 4.06. The van der Waals surface area contributed by atoms with E-state index in [1.54, 1.807) is 36.4 Å². The first kappa shape index (κ1) is 20.0. The summed E-state index contributed by atoms with van der Waals surface area (Å²) in [6, 6.07) is 10.2. The molecule has 2 heterocycles. The second-order valence-electron chi connectivity index (χ2n) is 9.75. The number of hydrogen-bond acceptors (Lipinski definition) is 4. The summed E-state index contributed by atoms with van der Waals surface area (Å²) in [5, 5.41) is 0. The van der Waals surface area contributed by atoms with E-state index in [1.807, 2.05) is 41.5 Å². The minimum atomic E-state index is -0.621. The van der Waals surface area contributed by atoms with Crippen LogP contribution >= 0.6 is 0 Å². The molecule has 6 nitrogen and oxygen atoms in total. The van der Waals surface area contributed by atoms with Crippen LogP contribution in [0.4, 0.5) is 0 Å². The maximum atomic E-state index is 12.9. The van der Waals surface area contributed by atoms with Crippen LogP contribution in [0.5, 0.6) is 0 Å². The molecule has 2 aromatic carbocycles. The predicted molar refractivity (Wildman–Crippen MR) is 112 cm³/mol. The van der Waals surface area contributed by atoms with Crippen LogP contribution in [-0.2, 0) is 0 Å². The normalized spacial score (nSPS) is 16.5. The molecule has 0 atom stereocenters. The van der Waals surface area contributed by atoms with Gasteiger partial charge in [-0.15, -0.1) is 0 Å². The van der Waals surface area contributed by atoms with E-state index in [2.05, 4.69) is 0 Å².